The lowest BCUT2D eigenvalue weighted by Gasteiger charge is -2.15. The van der Waals surface area contributed by atoms with Crippen LogP contribution in [0.1, 0.15) is 11.1 Å². The van der Waals surface area contributed by atoms with Gasteiger partial charge >= 0.3 is 0 Å². The molecule has 0 amide bonds. The molecule has 0 bridgehead atoms. The molecule has 1 heterocycles. The number of benzene rings is 3. The molecule has 3 aromatic carbocycles. The third-order valence-corrected chi connectivity index (χ3v) is 4.54. The van der Waals surface area contributed by atoms with Crippen molar-refractivity contribution in [1.82, 2.24) is 9.78 Å². The molecule has 4 rings (SSSR count). The van der Waals surface area contributed by atoms with Gasteiger partial charge in [-0.3, -0.25) is 0 Å². The Bertz CT molecular complexity index is 976. The van der Waals surface area contributed by atoms with Crippen LogP contribution < -0.4 is 0 Å². The Morgan fingerprint density at radius 2 is 1.28 bits per heavy atom. The van der Waals surface area contributed by atoms with Gasteiger partial charge in [-0.1, -0.05) is 60.7 Å². The molecule has 1 aromatic heterocycles. The second-order valence-corrected chi connectivity index (χ2v) is 6.31. The van der Waals surface area contributed by atoms with Crippen LogP contribution in [-0.2, 0) is 0 Å². The Morgan fingerprint density at radius 3 is 1.92 bits per heavy atom. The van der Waals surface area contributed by atoms with Crippen molar-refractivity contribution in [3.8, 4) is 28.1 Å². The zero-order valence-electron chi connectivity index (χ0n) is 14.5. The Hall–Kier alpha value is -3.13. The summed E-state index contributed by atoms with van der Waals surface area (Å²) in [6, 6.07) is 27.4. The lowest BCUT2D eigenvalue weighted by Crippen LogP contribution is -2.01. The monoisotopic (exact) mass is 324 g/mol. The zero-order valence-corrected chi connectivity index (χ0v) is 14.5. The fourth-order valence-electron chi connectivity index (χ4n) is 3.43. The fourth-order valence-corrected chi connectivity index (χ4v) is 3.43. The number of rotatable bonds is 3. The molecule has 0 saturated heterocycles. The van der Waals surface area contributed by atoms with Crippen molar-refractivity contribution >= 4 is 0 Å². The number of aryl methyl sites for hydroxylation is 2. The van der Waals surface area contributed by atoms with Crippen molar-refractivity contribution in [2.45, 2.75) is 13.8 Å². The first-order valence-corrected chi connectivity index (χ1v) is 8.50. The summed E-state index contributed by atoms with van der Waals surface area (Å²) in [4.78, 5) is 0. The highest BCUT2D eigenvalue weighted by molar-refractivity contribution is 5.75. The van der Waals surface area contributed by atoms with E-state index in [-0.39, 0.29) is 0 Å². The van der Waals surface area contributed by atoms with Gasteiger partial charge in [0.05, 0.1) is 17.6 Å². The maximum atomic E-state index is 4.54. The summed E-state index contributed by atoms with van der Waals surface area (Å²) >= 11 is 0. The average molecular weight is 324 g/mol. The van der Waals surface area contributed by atoms with Crippen LogP contribution >= 0.6 is 0 Å². The molecule has 122 valence electrons. The summed E-state index contributed by atoms with van der Waals surface area (Å²) in [6.07, 6.45) is 1.87. The van der Waals surface area contributed by atoms with Crippen molar-refractivity contribution in [2.75, 3.05) is 0 Å². The molecule has 0 fully saturated rings. The predicted octanol–water partition coefficient (Wildman–Crippen LogP) is 5.82. The molecule has 0 aliphatic carbocycles. The maximum absolute atomic E-state index is 4.54. The molecule has 2 nitrogen and oxygen atoms in total. The van der Waals surface area contributed by atoms with Crippen molar-refractivity contribution < 1.29 is 0 Å². The van der Waals surface area contributed by atoms with Gasteiger partial charge in [0.15, 0.2) is 0 Å². The van der Waals surface area contributed by atoms with E-state index >= 15 is 0 Å². The number of hydrogen-bond acceptors (Lipinski definition) is 1. The molecule has 0 radical (unpaired) electrons. The molecule has 0 saturated carbocycles. The summed E-state index contributed by atoms with van der Waals surface area (Å²) in [5, 5.41) is 4.54. The third kappa shape index (κ3) is 2.87. The van der Waals surface area contributed by atoms with Crippen LogP contribution in [0, 0.1) is 13.8 Å². The van der Waals surface area contributed by atoms with E-state index in [1.54, 1.807) is 0 Å². The second-order valence-electron chi connectivity index (χ2n) is 6.31. The Labute approximate surface area is 148 Å². The third-order valence-electron chi connectivity index (χ3n) is 4.54. The van der Waals surface area contributed by atoms with Crippen LogP contribution in [0.15, 0.2) is 85.1 Å². The lowest BCUT2D eigenvalue weighted by molar-refractivity contribution is 0.886. The van der Waals surface area contributed by atoms with E-state index in [0.717, 1.165) is 11.4 Å². The minimum absolute atomic E-state index is 1.08. The van der Waals surface area contributed by atoms with E-state index in [4.69, 9.17) is 0 Å². The van der Waals surface area contributed by atoms with E-state index in [9.17, 15) is 0 Å². The minimum Gasteiger partial charge on any atom is -0.233 e. The van der Waals surface area contributed by atoms with Gasteiger partial charge in [0, 0.05) is 5.56 Å². The van der Waals surface area contributed by atoms with E-state index in [2.05, 4.69) is 79.6 Å². The van der Waals surface area contributed by atoms with Crippen molar-refractivity contribution in [3.63, 3.8) is 0 Å². The van der Waals surface area contributed by atoms with Gasteiger partial charge in [0.2, 0.25) is 0 Å². The van der Waals surface area contributed by atoms with Crippen LogP contribution in [0.5, 0.6) is 0 Å². The molecule has 0 aliphatic rings. The van der Waals surface area contributed by atoms with Gasteiger partial charge in [-0.05, 0) is 54.3 Å². The summed E-state index contributed by atoms with van der Waals surface area (Å²) in [7, 11) is 0. The first kappa shape index (κ1) is 15.4. The number of nitrogens with zero attached hydrogens (tertiary/aromatic N) is 2. The predicted molar refractivity (Wildman–Crippen MR) is 104 cm³/mol. The summed E-state index contributed by atoms with van der Waals surface area (Å²) in [6.45, 7) is 4.36. The first-order valence-electron chi connectivity index (χ1n) is 8.50. The van der Waals surface area contributed by atoms with Crippen molar-refractivity contribution in [3.05, 3.63) is 96.2 Å². The lowest BCUT2D eigenvalue weighted by atomic mass is 9.94. The van der Waals surface area contributed by atoms with Gasteiger partial charge in [0.25, 0.3) is 0 Å². The van der Waals surface area contributed by atoms with Gasteiger partial charge in [0.1, 0.15) is 0 Å². The Kier molecular flexibility index (Phi) is 3.95. The largest absolute Gasteiger partial charge is 0.233 e. The summed E-state index contributed by atoms with van der Waals surface area (Å²) in [5.74, 6) is 0. The molecule has 0 N–H and O–H groups in total. The maximum Gasteiger partial charge on any atom is 0.0746 e. The average Bonchev–Trinajstić information content (AvgIpc) is 3.12. The van der Waals surface area contributed by atoms with Gasteiger partial charge in [-0.2, -0.15) is 5.10 Å². The van der Waals surface area contributed by atoms with Gasteiger partial charge < -0.3 is 0 Å². The summed E-state index contributed by atoms with van der Waals surface area (Å²) < 4.78 is 2.01. The minimum atomic E-state index is 1.08. The molecule has 0 atom stereocenters. The normalized spacial score (nSPS) is 10.8. The van der Waals surface area contributed by atoms with E-state index in [1.165, 1.54) is 27.8 Å². The van der Waals surface area contributed by atoms with E-state index < -0.39 is 0 Å². The van der Waals surface area contributed by atoms with Crippen LogP contribution in [0.3, 0.4) is 0 Å². The van der Waals surface area contributed by atoms with Gasteiger partial charge in [-0.15, -0.1) is 0 Å². The Balaban J connectivity index is 1.85. The number of para-hydroxylation sites is 1. The highest BCUT2D eigenvalue weighted by Gasteiger charge is 2.14. The second kappa shape index (κ2) is 6.40. The molecule has 0 spiro atoms. The number of aromatic nitrogens is 2. The van der Waals surface area contributed by atoms with E-state index in [1.807, 2.05) is 29.1 Å². The molecular formula is C23H20N2. The topological polar surface area (TPSA) is 17.8 Å². The SMILES string of the molecule is Cc1cc(-c2ccccc2)cc(C)c1-c1ccnn1-c1ccccc1. The number of hydrogen-bond donors (Lipinski definition) is 0. The quantitative estimate of drug-likeness (QED) is 0.464. The van der Waals surface area contributed by atoms with Gasteiger partial charge in [-0.25, -0.2) is 4.68 Å². The van der Waals surface area contributed by atoms with Crippen LogP contribution in [0.4, 0.5) is 0 Å². The van der Waals surface area contributed by atoms with Crippen LogP contribution in [0.2, 0.25) is 0 Å². The molecule has 2 heteroatoms. The van der Waals surface area contributed by atoms with Crippen molar-refractivity contribution in [2.24, 2.45) is 0 Å². The Morgan fingerprint density at radius 1 is 0.680 bits per heavy atom. The highest BCUT2D eigenvalue weighted by atomic mass is 15.3. The first-order chi connectivity index (χ1) is 12.2. The molecule has 4 aromatic rings. The van der Waals surface area contributed by atoms with E-state index in [0.29, 0.717) is 0 Å². The smallest absolute Gasteiger partial charge is 0.0746 e. The molecule has 25 heavy (non-hydrogen) atoms. The molecule has 0 aliphatic heterocycles. The van der Waals surface area contributed by atoms with Crippen LogP contribution in [-0.4, -0.2) is 9.78 Å². The zero-order chi connectivity index (χ0) is 17.2. The van der Waals surface area contributed by atoms with Crippen molar-refractivity contribution in [1.29, 1.82) is 0 Å². The fraction of sp³-hybridized carbons (Fsp3) is 0.0870. The molecular weight excluding hydrogens is 304 g/mol. The summed E-state index contributed by atoms with van der Waals surface area (Å²) in [5.41, 5.74) is 8.48. The van der Waals surface area contributed by atoms with Crippen LogP contribution in [0.25, 0.3) is 28.1 Å². The standard InChI is InChI=1S/C23H20N2/c1-17-15-20(19-9-5-3-6-10-19)16-18(2)23(17)22-13-14-24-25(22)21-11-7-4-8-12-21/h3-16H,1-2H3. The molecule has 0 unspecified atom stereocenters. The highest BCUT2D eigenvalue weighted by Crippen LogP contribution is 2.33.